The summed E-state index contributed by atoms with van der Waals surface area (Å²) < 4.78 is 14.6. The van der Waals surface area contributed by atoms with Crippen LogP contribution < -0.4 is 0 Å². The highest BCUT2D eigenvalue weighted by atomic mass is 31.1. The van der Waals surface area contributed by atoms with Crippen LogP contribution in [0.3, 0.4) is 0 Å². The second-order valence-corrected chi connectivity index (χ2v) is 5.16. The van der Waals surface area contributed by atoms with E-state index in [1.807, 2.05) is 0 Å². The molecule has 0 aromatic heterocycles. The van der Waals surface area contributed by atoms with Gasteiger partial charge in [-0.3, -0.25) is 9.32 Å². The van der Waals surface area contributed by atoms with Gasteiger partial charge in [-0.1, -0.05) is 13.8 Å². The van der Waals surface area contributed by atoms with E-state index in [1.165, 1.54) is 0 Å². The van der Waals surface area contributed by atoms with E-state index in [0.29, 0.717) is 5.41 Å². The molecule has 1 rings (SSSR count). The molecule has 3 nitrogen and oxygen atoms in total. The van der Waals surface area contributed by atoms with Gasteiger partial charge in [0.2, 0.25) is 0 Å². The Labute approximate surface area is 86.5 Å². The molecule has 80 valence electrons. The highest BCUT2D eigenvalue weighted by molar-refractivity contribution is 7.17. The minimum absolute atomic E-state index is 0.00382. The van der Waals surface area contributed by atoms with E-state index in [1.54, 1.807) is 0 Å². The van der Waals surface area contributed by atoms with Crippen molar-refractivity contribution in [1.82, 2.24) is 0 Å². The monoisotopic (exact) mass is 216 g/mol. The number of hydrogen-bond donors (Lipinski definition) is 0. The molecule has 0 unspecified atom stereocenters. The van der Waals surface area contributed by atoms with E-state index in [9.17, 15) is 9.36 Å². The van der Waals surface area contributed by atoms with Crippen LogP contribution in [0.2, 0.25) is 0 Å². The normalized spacial score (nSPS) is 22.4. The van der Waals surface area contributed by atoms with Gasteiger partial charge in [-0.05, 0) is 31.1 Å². The zero-order valence-electron chi connectivity index (χ0n) is 8.78. The van der Waals surface area contributed by atoms with E-state index in [0.717, 1.165) is 25.7 Å². The van der Waals surface area contributed by atoms with Crippen molar-refractivity contribution in [2.75, 3.05) is 6.61 Å². The molecule has 0 radical (unpaired) electrons. The Hall–Kier alpha value is -0.270. The first-order chi connectivity index (χ1) is 6.55. The molecule has 0 saturated heterocycles. The molecule has 4 heteroatoms. The van der Waals surface area contributed by atoms with E-state index < -0.39 is 8.69 Å². The Morgan fingerprint density at radius 3 is 2.50 bits per heavy atom. The van der Waals surface area contributed by atoms with Crippen LogP contribution in [0.4, 0.5) is 0 Å². The molecule has 0 aromatic rings. The molecule has 0 aliphatic heterocycles. The highest BCUT2D eigenvalue weighted by Crippen LogP contribution is 2.38. The first-order valence-electron chi connectivity index (χ1n) is 5.02. The van der Waals surface area contributed by atoms with Crippen LogP contribution >= 0.6 is 8.69 Å². The SMILES string of the molecule is CC1(C)CCC(C(=O)COP=O)CC1. The van der Waals surface area contributed by atoms with E-state index in [-0.39, 0.29) is 18.3 Å². The fraction of sp³-hybridized carbons (Fsp3) is 0.900. The van der Waals surface area contributed by atoms with Crippen LogP contribution in [0, 0.1) is 11.3 Å². The fourth-order valence-corrected chi connectivity index (χ4v) is 2.11. The van der Waals surface area contributed by atoms with Gasteiger partial charge in [-0.25, -0.2) is 4.57 Å². The maximum Gasteiger partial charge on any atom is 0.327 e. The van der Waals surface area contributed by atoms with Crippen molar-refractivity contribution < 1.29 is 13.9 Å². The van der Waals surface area contributed by atoms with Gasteiger partial charge in [0.1, 0.15) is 6.61 Å². The zero-order valence-corrected chi connectivity index (χ0v) is 9.68. The smallest absolute Gasteiger partial charge is 0.297 e. The summed E-state index contributed by atoms with van der Waals surface area (Å²) in [6, 6.07) is 0. The number of ketones is 1. The van der Waals surface area contributed by atoms with E-state index >= 15 is 0 Å². The molecule has 0 N–H and O–H groups in total. The third-order valence-electron chi connectivity index (χ3n) is 3.05. The van der Waals surface area contributed by atoms with E-state index in [4.69, 9.17) is 0 Å². The maximum atomic E-state index is 11.5. The minimum atomic E-state index is -0.397. The van der Waals surface area contributed by atoms with Crippen LogP contribution in [0.5, 0.6) is 0 Å². The Kier molecular flexibility index (Phi) is 4.21. The third-order valence-corrected chi connectivity index (χ3v) is 3.29. The summed E-state index contributed by atoms with van der Waals surface area (Å²) in [5.41, 5.74) is 0.383. The average Bonchev–Trinajstić information content (AvgIpc) is 2.14. The molecular formula is C10H17O3P. The summed E-state index contributed by atoms with van der Waals surface area (Å²) in [6.45, 7) is 4.47. The maximum absolute atomic E-state index is 11.5. The Morgan fingerprint density at radius 1 is 1.43 bits per heavy atom. The molecule has 0 atom stereocenters. The van der Waals surface area contributed by atoms with Gasteiger partial charge in [0.25, 0.3) is 0 Å². The molecule has 0 aromatic carbocycles. The van der Waals surface area contributed by atoms with Crippen LogP contribution in [0.1, 0.15) is 39.5 Å². The summed E-state index contributed by atoms with van der Waals surface area (Å²) in [6.07, 6.45) is 4.09. The average molecular weight is 216 g/mol. The van der Waals surface area contributed by atoms with Crippen molar-refractivity contribution in [3.8, 4) is 0 Å². The van der Waals surface area contributed by atoms with Crippen LogP contribution in [-0.4, -0.2) is 12.4 Å². The van der Waals surface area contributed by atoms with Crippen LogP contribution in [-0.2, 0) is 13.9 Å². The lowest BCUT2D eigenvalue weighted by Gasteiger charge is -2.33. The number of hydrogen-bond acceptors (Lipinski definition) is 3. The number of Topliss-reactive ketones (excluding diaryl/α,β-unsaturated/α-hetero) is 1. The summed E-state index contributed by atoms with van der Waals surface area (Å²) in [5.74, 6) is 0.230. The van der Waals surface area contributed by atoms with Crippen molar-refractivity contribution in [3.63, 3.8) is 0 Å². The predicted molar refractivity (Wildman–Crippen MR) is 54.3 cm³/mol. The summed E-state index contributed by atoms with van der Waals surface area (Å²) in [4.78, 5) is 11.5. The number of carbonyl (C=O) groups excluding carboxylic acids is 1. The first-order valence-corrected chi connectivity index (χ1v) is 5.75. The Bertz CT molecular complexity index is 215. The van der Waals surface area contributed by atoms with Crippen molar-refractivity contribution in [1.29, 1.82) is 0 Å². The molecule has 0 spiro atoms. The largest absolute Gasteiger partial charge is 0.327 e. The lowest BCUT2D eigenvalue weighted by molar-refractivity contribution is -0.126. The number of carbonyl (C=O) groups is 1. The third kappa shape index (κ3) is 3.47. The quantitative estimate of drug-likeness (QED) is 0.678. The molecule has 0 heterocycles. The van der Waals surface area contributed by atoms with Gasteiger partial charge in [-0.2, -0.15) is 0 Å². The van der Waals surface area contributed by atoms with E-state index in [2.05, 4.69) is 18.4 Å². The molecule has 0 amide bonds. The van der Waals surface area contributed by atoms with Crippen molar-refractivity contribution in [3.05, 3.63) is 0 Å². The molecular weight excluding hydrogens is 199 g/mol. The van der Waals surface area contributed by atoms with Gasteiger partial charge in [0, 0.05) is 5.92 Å². The summed E-state index contributed by atoms with van der Waals surface area (Å²) in [5, 5.41) is 0. The van der Waals surface area contributed by atoms with Gasteiger partial charge in [-0.15, -0.1) is 0 Å². The number of rotatable bonds is 4. The topological polar surface area (TPSA) is 43.4 Å². The second kappa shape index (κ2) is 4.99. The predicted octanol–water partition coefficient (Wildman–Crippen LogP) is 3.00. The van der Waals surface area contributed by atoms with Crippen LogP contribution in [0.25, 0.3) is 0 Å². The van der Waals surface area contributed by atoms with Gasteiger partial charge < -0.3 is 0 Å². The van der Waals surface area contributed by atoms with Gasteiger partial charge in [0.15, 0.2) is 5.78 Å². The lowest BCUT2D eigenvalue weighted by atomic mass is 9.72. The minimum Gasteiger partial charge on any atom is -0.297 e. The molecule has 0 bridgehead atoms. The Morgan fingerprint density at radius 2 is 2.00 bits per heavy atom. The molecule has 14 heavy (non-hydrogen) atoms. The fourth-order valence-electron chi connectivity index (χ4n) is 1.93. The molecule has 1 aliphatic carbocycles. The zero-order chi connectivity index (χ0) is 10.6. The molecule has 1 saturated carbocycles. The molecule has 1 aliphatic rings. The van der Waals surface area contributed by atoms with Gasteiger partial charge >= 0.3 is 8.69 Å². The van der Waals surface area contributed by atoms with Crippen molar-refractivity contribution in [2.45, 2.75) is 39.5 Å². The summed E-state index contributed by atoms with van der Waals surface area (Å²) in [7, 11) is -0.397. The van der Waals surface area contributed by atoms with Crippen LogP contribution in [0.15, 0.2) is 0 Å². The first kappa shape index (κ1) is 11.8. The standard InChI is InChI=1S/C10H17O3P/c1-10(2)5-3-8(4-6-10)9(11)7-13-14-12/h8H,3-7H2,1-2H3. The Balaban J connectivity index is 2.34. The second-order valence-electron chi connectivity index (χ2n) is 4.75. The van der Waals surface area contributed by atoms with Gasteiger partial charge in [0.05, 0.1) is 0 Å². The summed E-state index contributed by atoms with van der Waals surface area (Å²) >= 11 is 0. The lowest BCUT2D eigenvalue weighted by Crippen LogP contribution is -2.27. The van der Waals surface area contributed by atoms with Crippen molar-refractivity contribution in [2.24, 2.45) is 11.3 Å². The molecule has 1 fully saturated rings. The van der Waals surface area contributed by atoms with Crippen molar-refractivity contribution >= 4 is 14.5 Å². The highest BCUT2D eigenvalue weighted by Gasteiger charge is 2.30.